The Morgan fingerprint density at radius 2 is 1.92 bits per heavy atom. The topological polar surface area (TPSA) is 119 Å². The van der Waals surface area contributed by atoms with E-state index in [1.165, 1.54) is 11.1 Å². The van der Waals surface area contributed by atoms with Gasteiger partial charge < -0.3 is 14.6 Å². The van der Waals surface area contributed by atoms with Crippen molar-refractivity contribution >= 4 is 39.9 Å². The smallest absolute Gasteiger partial charge is 0.350 e. The number of rotatable bonds is 9. The van der Waals surface area contributed by atoms with Gasteiger partial charge in [-0.15, -0.1) is 0 Å². The molecule has 1 aliphatic rings. The molecule has 1 atom stereocenters. The minimum atomic E-state index is -0.991. The highest BCUT2D eigenvalue weighted by atomic mass is 32.1. The number of ether oxygens (including phenoxy) is 2. The summed E-state index contributed by atoms with van der Waals surface area (Å²) in [6.07, 6.45) is 5.02. The third-order valence-corrected chi connectivity index (χ3v) is 6.93. The number of esters is 1. The molecule has 0 bridgehead atoms. The quantitative estimate of drug-likeness (QED) is 0.140. The van der Waals surface area contributed by atoms with E-state index in [1.807, 2.05) is 0 Å². The van der Waals surface area contributed by atoms with Crippen LogP contribution in [0.4, 0.5) is 5.13 Å². The fourth-order valence-electron chi connectivity index (χ4n) is 3.95. The number of anilines is 1. The first-order valence-corrected chi connectivity index (χ1v) is 12.8. The van der Waals surface area contributed by atoms with Crippen LogP contribution in [0, 0.1) is 6.92 Å². The number of aliphatic hydroxyl groups excluding tert-OH is 1. The Bertz CT molecular complexity index is 1330. The third kappa shape index (κ3) is 5.24. The van der Waals surface area contributed by atoms with Crippen LogP contribution in [-0.4, -0.2) is 45.9 Å². The number of hydrogen-bond acceptors (Lipinski definition) is 9. The minimum absolute atomic E-state index is 0.0943. The monoisotopic (exact) mass is 521 g/mol. The number of aliphatic hydroxyl groups is 1. The van der Waals surface area contributed by atoms with Crippen molar-refractivity contribution in [2.75, 3.05) is 18.1 Å². The van der Waals surface area contributed by atoms with Crippen LogP contribution in [0.5, 0.6) is 5.75 Å². The summed E-state index contributed by atoms with van der Waals surface area (Å²) < 4.78 is 10.8. The van der Waals surface area contributed by atoms with E-state index in [4.69, 9.17) is 9.47 Å². The average molecular weight is 522 g/mol. The van der Waals surface area contributed by atoms with Crippen molar-refractivity contribution in [2.24, 2.45) is 0 Å². The zero-order valence-corrected chi connectivity index (χ0v) is 21.6. The number of unbranched alkanes of at least 4 members (excludes halogenated alkanes) is 1. The minimum Gasteiger partial charge on any atom is -0.507 e. The number of ketones is 1. The first-order chi connectivity index (χ1) is 17.9. The Balaban J connectivity index is 1.78. The van der Waals surface area contributed by atoms with E-state index in [-0.39, 0.29) is 27.9 Å². The van der Waals surface area contributed by atoms with E-state index < -0.39 is 23.7 Å². The number of aromatic nitrogens is 2. The van der Waals surface area contributed by atoms with E-state index in [9.17, 15) is 19.5 Å². The van der Waals surface area contributed by atoms with Crippen molar-refractivity contribution in [3.05, 3.63) is 76.1 Å². The van der Waals surface area contributed by atoms with Crippen LogP contribution in [0.1, 0.15) is 59.2 Å². The first-order valence-electron chi connectivity index (χ1n) is 12.0. The number of amides is 1. The maximum absolute atomic E-state index is 13.3. The average Bonchev–Trinajstić information content (AvgIpc) is 3.41. The van der Waals surface area contributed by atoms with Crippen molar-refractivity contribution in [1.29, 1.82) is 0 Å². The van der Waals surface area contributed by atoms with Crippen LogP contribution in [0.2, 0.25) is 0 Å². The van der Waals surface area contributed by atoms with E-state index in [0.717, 1.165) is 24.2 Å². The van der Waals surface area contributed by atoms with Crippen LogP contribution in [0.25, 0.3) is 5.76 Å². The summed E-state index contributed by atoms with van der Waals surface area (Å²) in [6.45, 7) is 6.17. The number of nitrogens with zero attached hydrogens (tertiary/aromatic N) is 3. The number of thiazole rings is 1. The lowest BCUT2D eigenvalue weighted by Crippen LogP contribution is -2.29. The lowest BCUT2D eigenvalue weighted by atomic mass is 9.96. The van der Waals surface area contributed by atoms with Gasteiger partial charge in [-0.05, 0) is 56.2 Å². The molecular formula is C27H27N3O6S. The predicted octanol–water partition coefficient (Wildman–Crippen LogP) is 4.83. The molecule has 1 aromatic carbocycles. The number of Topliss-reactive ketones (excluding diaryl/α,β-unsaturated/α-hetero) is 1. The third-order valence-electron chi connectivity index (χ3n) is 5.79. The molecule has 1 saturated heterocycles. The number of aryl methyl sites for hydroxylation is 1. The van der Waals surface area contributed by atoms with Gasteiger partial charge in [0.15, 0.2) is 5.13 Å². The lowest BCUT2D eigenvalue weighted by molar-refractivity contribution is -0.132. The number of carbonyl (C=O) groups is 3. The van der Waals surface area contributed by atoms with Crippen molar-refractivity contribution in [3.8, 4) is 5.75 Å². The second-order valence-corrected chi connectivity index (χ2v) is 9.29. The largest absolute Gasteiger partial charge is 0.507 e. The molecular weight excluding hydrogens is 494 g/mol. The fourth-order valence-corrected chi connectivity index (χ4v) is 4.94. The Labute approximate surface area is 218 Å². The van der Waals surface area contributed by atoms with Crippen LogP contribution < -0.4 is 9.64 Å². The molecule has 3 aromatic rings. The Hall–Kier alpha value is -4.05. The van der Waals surface area contributed by atoms with Crippen molar-refractivity contribution in [1.82, 2.24) is 9.97 Å². The van der Waals surface area contributed by atoms with Gasteiger partial charge in [0.2, 0.25) is 0 Å². The molecule has 0 radical (unpaired) electrons. The van der Waals surface area contributed by atoms with Gasteiger partial charge in [0.25, 0.3) is 5.78 Å². The molecule has 0 spiro atoms. The number of pyridine rings is 1. The van der Waals surface area contributed by atoms with Crippen molar-refractivity contribution < 1.29 is 29.0 Å². The zero-order valence-electron chi connectivity index (χ0n) is 20.8. The van der Waals surface area contributed by atoms with Crippen LogP contribution in [-0.2, 0) is 14.3 Å². The fraction of sp³-hybridized carbons (Fsp3) is 0.296. The van der Waals surface area contributed by atoms with Gasteiger partial charge in [0, 0.05) is 18.0 Å². The molecule has 1 N–H and O–H groups in total. The number of hydrogen-bond donors (Lipinski definition) is 1. The summed E-state index contributed by atoms with van der Waals surface area (Å²) >= 11 is 0.956. The molecule has 10 heteroatoms. The van der Waals surface area contributed by atoms with Gasteiger partial charge in [-0.1, -0.05) is 30.7 Å². The highest BCUT2D eigenvalue weighted by Gasteiger charge is 2.48. The summed E-state index contributed by atoms with van der Waals surface area (Å²) in [4.78, 5) is 48.9. The van der Waals surface area contributed by atoms with Gasteiger partial charge in [-0.25, -0.2) is 9.78 Å². The molecule has 9 nitrogen and oxygen atoms in total. The molecule has 1 fully saturated rings. The van der Waals surface area contributed by atoms with E-state index in [2.05, 4.69) is 16.9 Å². The van der Waals surface area contributed by atoms with Gasteiger partial charge in [-0.2, -0.15) is 0 Å². The van der Waals surface area contributed by atoms with Crippen LogP contribution in [0.15, 0.2) is 54.4 Å². The molecule has 1 unspecified atom stereocenters. The second kappa shape index (κ2) is 11.3. The summed E-state index contributed by atoms with van der Waals surface area (Å²) in [5, 5.41) is 11.4. The Kier molecular flexibility index (Phi) is 7.98. The van der Waals surface area contributed by atoms with Gasteiger partial charge in [0.05, 0.1) is 30.5 Å². The summed E-state index contributed by atoms with van der Waals surface area (Å²) in [7, 11) is 0. The van der Waals surface area contributed by atoms with Crippen LogP contribution >= 0.6 is 11.3 Å². The highest BCUT2D eigenvalue weighted by Crippen LogP contribution is 2.43. The molecule has 1 aliphatic heterocycles. The van der Waals surface area contributed by atoms with Gasteiger partial charge in [-0.3, -0.25) is 19.5 Å². The molecule has 192 valence electrons. The molecule has 0 saturated carbocycles. The van der Waals surface area contributed by atoms with E-state index >= 15 is 0 Å². The standard InChI is InChI=1S/C27H27N3O6S/c1-4-6-14-36-19-11-9-17(10-12-19)22(31)20-21(18-8-7-13-28-15-18)30(25(33)23(20)32)27-29-16(3)24(37-27)26(34)35-5-2/h7-13,15,21,31H,4-6,14H2,1-3H3/b22-20-. The summed E-state index contributed by atoms with van der Waals surface area (Å²) in [6, 6.07) is 9.07. The van der Waals surface area contributed by atoms with E-state index in [0.29, 0.717) is 29.2 Å². The molecule has 4 rings (SSSR count). The Morgan fingerprint density at radius 1 is 1.16 bits per heavy atom. The van der Waals surface area contributed by atoms with Crippen molar-refractivity contribution in [2.45, 2.75) is 39.7 Å². The highest BCUT2D eigenvalue weighted by molar-refractivity contribution is 7.17. The zero-order chi connectivity index (χ0) is 26.5. The summed E-state index contributed by atoms with van der Waals surface area (Å²) in [5.74, 6) is -1.97. The van der Waals surface area contributed by atoms with E-state index in [1.54, 1.807) is 56.4 Å². The normalized spacial score (nSPS) is 16.7. The molecule has 0 aliphatic carbocycles. The SMILES string of the molecule is CCCCOc1ccc(/C(O)=C2/C(=O)C(=O)N(c3nc(C)c(C(=O)OCC)s3)C2c2cccnc2)cc1. The molecule has 37 heavy (non-hydrogen) atoms. The summed E-state index contributed by atoms with van der Waals surface area (Å²) in [5.41, 5.74) is 1.15. The number of carbonyl (C=O) groups excluding carboxylic acids is 3. The maximum Gasteiger partial charge on any atom is 0.350 e. The first kappa shape index (κ1) is 26.0. The number of benzene rings is 1. The molecule has 3 heterocycles. The molecule has 1 amide bonds. The van der Waals surface area contributed by atoms with Gasteiger partial charge >= 0.3 is 11.9 Å². The molecule has 2 aromatic heterocycles. The maximum atomic E-state index is 13.3. The lowest BCUT2D eigenvalue weighted by Gasteiger charge is -2.22. The van der Waals surface area contributed by atoms with Crippen LogP contribution in [0.3, 0.4) is 0 Å². The van der Waals surface area contributed by atoms with Crippen molar-refractivity contribution in [3.63, 3.8) is 0 Å². The second-order valence-electron chi connectivity index (χ2n) is 8.31. The van der Waals surface area contributed by atoms with Gasteiger partial charge in [0.1, 0.15) is 16.4 Å². The predicted molar refractivity (Wildman–Crippen MR) is 139 cm³/mol. The Morgan fingerprint density at radius 3 is 2.57 bits per heavy atom.